The van der Waals surface area contributed by atoms with Gasteiger partial charge in [0, 0.05) is 35.8 Å². The van der Waals surface area contributed by atoms with Crippen LogP contribution in [0.5, 0.6) is 0 Å². The standard InChI is InChI=1S/C24H27N5O/c1-15-4-5-17(23(30)28-19-7-8-19)12-21(15)16-6-9-22-18(11-16)13-26-24(29-22)27-14-20-3-2-10-25-20/h4-6,9,11-13,19-20,25H,2-3,7-8,10,14H2,1H3,(H,28,30)(H,26,27,29)/t20-/m0/s1. The Labute approximate surface area is 176 Å². The molecule has 0 unspecified atom stereocenters. The third kappa shape index (κ3) is 4.14. The molecule has 30 heavy (non-hydrogen) atoms. The second kappa shape index (κ2) is 8.03. The summed E-state index contributed by atoms with van der Waals surface area (Å²) in [6.45, 7) is 4.01. The molecule has 3 N–H and O–H groups in total. The minimum atomic E-state index is 0.00958. The molecule has 2 aromatic carbocycles. The summed E-state index contributed by atoms with van der Waals surface area (Å²) in [7, 11) is 0. The van der Waals surface area contributed by atoms with Crippen LogP contribution in [0.4, 0.5) is 5.95 Å². The predicted molar refractivity (Wildman–Crippen MR) is 120 cm³/mol. The number of amides is 1. The van der Waals surface area contributed by atoms with Crippen molar-refractivity contribution in [2.24, 2.45) is 0 Å². The first-order valence-electron chi connectivity index (χ1n) is 10.8. The average Bonchev–Trinajstić information content (AvgIpc) is 3.42. The summed E-state index contributed by atoms with van der Waals surface area (Å²) in [5, 5.41) is 10.9. The fourth-order valence-electron chi connectivity index (χ4n) is 4.00. The number of nitrogens with zero attached hydrogens (tertiary/aromatic N) is 2. The van der Waals surface area contributed by atoms with Crippen molar-refractivity contribution in [3.05, 3.63) is 53.7 Å². The molecule has 3 aromatic rings. The zero-order chi connectivity index (χ0) is 20.5. The molecule has 5 rings (SSSR count). The number of aryl methyl sites for hydroxylation is 1. The van der Waals surface area contributed by atoms with Gasteiger partial charge in [-0.2, -0.15) is 0 Å². The molecule has 1 aliphatic heterocycles. The predicted octanol–water partition coefficient (Wildman–Crippen LogP) is 3.66. The summed E-state index contributed by atoms with van der Waals surface area (Å²) in [6, 6.07) is 13.0. The molecule has 1 amide bonds. The van der Waals surface area contributed by atoms with Crippen LogP contribution in [-0.4, -0.2) is 41.0 Å². The second-order valence-corrected chi connectivity index (χ2v) is 8.42. The van der Waals surface area contributed by atoms with E-state index in [-0.39, 0.29) is 5.91 Å². The maximum absolute atomic E-state index is 12.5. The van der Waals surface area contributed by atoms with Gasteiger partial charge in [0.05, 0.1) is 5.52 Å². The lowest BCUT2D eigenvalue weighted by Crippen LogP contribution is -2.29. The van der Waals surface area contributed by atoms with Gasteiger partial charge in [-0.25, -0.2) is 9.97 Å². The van der Waals surface area contributed by atoms with Gasteiger partial charge in [-0.05, 0) is 80.1 Å². The minimum absolute atomic E-state index is 0.00958. The number of carbonyl (C=O) groups excluding carboxylic acids is 1. The highest BCUT2D eigenvalue weighted by atomic mass is 16.1. The second-order valence-electron chi connectivity index (χ2n) is 8.42. The van der Waals surface area contributed by atoms with Crippen molar-refractivity contribution >= 4 is 22.8 Å². The number of rotatable bonds is 6. The van der Waals surface area contributed by atoms with Crippen LogP contribution in [0, 0.1) is 6.92 Å². The zero-order valence-electron chi connectivity index (χ0n) is 17.2. The van der Waals surface area contributed by atoms with E-state index in [4.69, 9.17) is 0 Å². The summed E-state index contributed by atoms with van der Waals surface area (Å²) in [5.41, 5.74) is 4.89. The van der Waals surface area contributed by atoms with Crippen molar-refractivity contribution in [3.8, 4) is 11.1 Å². The van der Waals surface area contributed by atoms with E-state index >= 15 is 0 Å². The number of aromatic nitrogens is 2. The van der Waals surface area contributed by atoms with E-state index < -0.39 is 0 Å². The number of anilines is 1. The van der Waals surface area contributed by atoms with Crippen molar-refractivity contribution in [1.82, 2.24) is 20.6 Å². The van der Waals surface area contributed by atoms with Gasteiger partial charge in [0.1, 0.15) is 0 Å². The van der Waals surface area contributed by atoms with E-state index in [1.165, 1.54) is 12.8 Å². The quantitative estimate of drug-likeness (QED) is 0.587. The lowest BCUT2D eigenvalue weighted by Gasteiger charge is -2.12. The maximum atomic E-state index is 12.5. The van der Waals surface area contributed by atoms with Gasteiger partial charge in [-0.15, -0.1) is 0 Å². The highest BCUT2D eigenvalue weighted by Gasteiger charge is 2.24. The topological polar surface area (TPSA) is 78.9 Å². The molecular weight excluding hydrogens is 374 g/mol. The lowest BCUT2D eigenvalue weighted by molar-refractivity contribution is 0.0951. The summed E-state index contributed by atoms with van der Waals surface area (Å²) in [4.78, 5) is 21.6. The highest BCUT2D eigenvalue weighted by Crippen LogP contribution is 2.28. The molecule has 1 aliphatic carbocycles. The summed E-state index contributed by atoms with van der Waals surface area (Å²) in [6.07, 6.45) is 6.47. The number of hydrogen-bond donors (Lipinski definition) is 3. The van der Waals surface area contributed by atoms with Crippen molar-refractivity contribution in [2.45, 2.75) is 44.7 Å². The Morgan fingerprint density at radius 1 is 1.17 bits per heavy atom. The zero-order valence-corrected chi connectivity index (χ0v) is 17.2. The van der Waals surface area contributed by atoms with Crippen LogP contribution < -0.4 is 16.0 Å². The van der Waals surface area contributed by atoms with Crippen LogP contribution in [0.15, 0.2) is 42.6 Å². The van der Waals surface area contributed by atoms with Crippen molar-refractivity contribution in [3.63, 3.8) is 0 Å². The number of hydrogen-bond acceptors (Lipinski definition) is 5. The average molecular weight is 402 g/mol. The lowest BCUT2D eigenvalue weighted by atomic mass is 9.97. The molecule has 6 nitrogen and oxygen atoms in total. The van der Waals surface area contributed by atoms with Crippen LogP contribution in [0.3, 0.4) is 0 Å². The monoisotopic (exact) mass is 401 g/mol. The van der Waals surface area contributed by atoms with E-state index in [1.54, 1.807) is 0 Å². The van der Waals surface area contributed by atoms with Crippen LogP contribution in [0.25, 0.3) is 22.0 Å². The largest absolute Gasteiger partial charge is 0.353 e. The molecule has 0 spiro atoms. The molecule has 2 fully saturated rings. The smallest absolute Gasteiger partial charge is 0.251 e. The van der Waals surface area contributed by atoms with E-state index in [0.29, 0.717) is 23.6 Å². The first-order valence-corrected chi connectivity index (χ1v) is 10.8. The third-order valence-electron chi connectivity index (χ3n) is 5.97. The first kappa shape index (κ1) is 19.0. The van der Waals surface area contributed by atoms with Gasteiger partial charge in [-0.3, -0.25) is 4.79 Å². The molecule has 2 aliphatic rings. The van der Waals surface area contributed by atoms with Crippen LogP contribution in [0.1, 0.15) is 41.6 Å². The molecule has 1 aromatic heterocycles. The molecule has 154 valence electrons. The highest BCUT2D eigenvalue weighted by molar-refractivity contribution is 5.96. The Morgan fingerprint density at radius 2 is 2.07 bits per heavy atom. The molecular formula is C24H27N5O. The maximum Gasteiger partial charge on any atom is 0.251 e. The van der Waals surface area contributed by atoms with Gasteiger partial charge in [-0.1, -0.05) is 12.1 Å². The molecule has 1 atom stereocenters. The number of benzene rings is 2. The molecule has 6 heteroatoms. The molecule has 1 saturated carbocycles. The number of nitrogens with one attached hydrogen (secondary N) is 3. The summed E-state index contributed by atoms with van der Waals surface area (Å²) < 4.78 is 0. The van der Waals surface area contributed by atoms with Gasteiger partial charge < -0.3 is 16.0 Å². The normalized spacial score (nSPS) is 18.5. The van der Waals surface area contributed by atoms with E-state index in [2.05, 4.69) is 45.0 Å². The van der Waals surface area contributed by atoms with Crippen LogP contribution in [0.2, 0.25) is 0 Å². The van der Waals surface area contributed by atoms with Gasteiger partial charge in [0.15, 0.2) is 0 Å². The van der Waals surface area contributed by atoms with Crippen LogP contribution in [-0.2, 0) is 0 Å². The Hall–Kier alpha value is -2.99. The molecule has 0 bridgehead atoms. The van der Waals surface area contributed by atoms with E-state index in [1.807, 2.05) is 30.5 Å². The molecule has 0 radical (unpaired) electrons. The Bertz CT molecular complexity index is 1090. The Balaban J connectivity index is 1.37. The van der Waals surface area contributed by atoms with E-state index in [0.717, 1.165) is 53.5 Å². The van der Waals surface area contributed by atoms with Gasteiger partial charge in [0.2, 0.25) is 5.95 Å². The fourth-order valence-corrected chi connectivity index (χ4v) is 4.00. The number of fused-ring (bicyclic) bond motifs is 1. The van der Waals surface area contributed by atoms with Crippen molar-refractivity contribution in [2.75, 3.05) is 18.4 Å². The van der Waals surface area contributed by atoms with Gasteiger partial charge >= 0.3 is 0 Å². The summed E-state index contributed by atoms with van der Waals surface area (Å²) >= 11 is 0. The van der Waals surface area contributed by atoms with E-state index in [9.17, 15) is 4.79 Å². The molecule has 2 heterocycles. The Morgan fingerprint density at radius 3 is 2.87 bits per heavy atom. The van der Waals surface area contributed by atoms with Crippen molar-refractivity contribution < 1.29 is 4.79 Å². The number of carbonyl (C=O) groups is 1. The molecule has 1 saturated heterocycles. The van der Waals surface area contributed by atoms with Gasteiger partial charge in [0.25, 0.3) is 5.91 Å². The minimum Gasteiger partial charge on any atom is -0.353 e. The fraction of sp³-hybridized carbons (Fsp3) is 0.375. The van der Waals surface area contributed by atoms with Crippen LogP contribution >= 0.6 is 0 Å². The SMILES string of the molecule is Cc1ccc(C(=O)NC2CC2)cc1-c1ccc2nc(NC[C@@H]3CCCN3)ncc2c1. The third-order valence-corrected chi connectivity index (χ3v) is 5.97. The van der Waals surface area contributed by atoms with Crippen molar-refractivity contribution in [1.29, 1.82) is 0 Å². The first-order chi connectivity index (χ1) is 14.7. The summed E-state index contributed by atoms with van der Waals surface area (Å²) in [5.74, 6) is 0.675. The Kier molecular flexibility index (Phi) is 5.09.